The predicted octanol–water partition coefficient (Wildman–Crippen LogP) is 3.77. The lowest BCUT2D eigenvalue weighted by atomic mass is 10.1. The highest BCUT2D eigenvalue weighted by Crippen LogP contribution is 2.29. The van der Waals surface area contributed by atoms with E-state index in [9.17, 15) is 18.0 Å². The molecule has 0 bridgehead atoms. The maximum Gasteiger partial charge on any atom is 0.416 e. The van der Waals surface area contributed by atoms with Gasteiger partial charge in [-0.15, -0.1) is 11.3 Å². The lowest BCUT2D eigenvalue weighted by molar-refractivity contribution is -0.137. The molecule has 2 aromatic rings. The first-order chi connectivity index (χ1) is 10.4. The molecule has 0 aliphatic heterocycles. The summed E-state index contributed by atoms with van der Waals surface area (Å²) >= 11 is 1.48. The number of nitrogens with zero attached hydrogens (tertiary/aromatic N) is 1. The Hall–Kier alpha value is -2.15. The summed E-state index contributed by atoms with van der Waals surface area (Å²) in [4.78, 5) is 12.6. The fourth-order valence-corrected chi connectivity index (χ4v) is 2.55. The number of benzene rings is 1. The van der Waals surface area contributed by atoms with Crippen LogP contribution in [0.2, 0.25) is 0 Å². The number of hydrogen-bond donors (Lipinski definition) is 1. The Bertz CT molecular complexity index is 692. The Balaban J connectivity index is 1.95. The number of rotatable bonds is 4. The molecule has 1 heterocycles. The van der Waals surface area contributed by atoms with Crippen LogP contribution in [0.5, 0.6) is 0 Å². The van der Waals surface area contributed by atoms with E-state index in [4.69, 9.17) is 0 Å². The number of nitrogens with one attached hydrogen (secondary N) is 1. The van der Waals surface area contributed by atoms with E-state index in [0.29, 0.717) is 0 Å². The lowest BCUT2D eigenvalue weighted by Gasteiger charge is -2.08. The number of carbonyl (C=O) groups excluding carboxylic acids is 1. The molecule has 0 aliphatic rings. The summed E-state index contributed by atoms with van der Waals surface area (Å²) in [5, 5.41) is 5.71. The van der Waals surface area contributed by atoms with Crippen LogP contribution >= 0.6 is 11.3 Å². The molecule has 0 radical (unpaired) electrons. The molecule has 1 amide bonds. The van der Waals surface area contributed by atoms with E-state index in [-0.39, 0.29) is 12.0 Å². The summed E-state index contributed by atoms with van der Waals surface area (Å²) < 4.78 is 37.7. The van der Waals surface area contributed by atoms with Gasteiger partial charge in [-0.05, 0) is 35.6 Å². The minimum Gasteiger partial charge on any atom is -0.273 e. The van der Waals surface area contributed by atoms with Crippen LogP contribution in [0.4, 0.5) is 13.2 Å². The maximum absolute atomic E-state index is 12.6. The van der Waals surface area contributed by atoms with Crippen LogP contribution in [0.1, 0.15) is 21.6 Å². The normalized spacial score (nSPS) is 11.8. The SMILES string of the molecule is Cc1ccsc1/C=N/NC(=O)Cc1cccc(C(F)(F)F)c1. The summed E-state index contributed by atoms with van der Waals surface area (Å²) in [6, 6.07) is 6.62. The van der Waals surface area contributed by atoms with Gasteiger partial charge in [0.05, 0.1) is 18.2 Å². The van der Waals surface area contributed by atoms with Crippen LogP contribution in [0, 0.1) is 6.92 Å². The molecule has 0 atom stereocenters. The van der Waals surface area contributed by atoms with Crippen molar-refractivity contribution in [3.63, 3.8) is 0 Å². The van der Waals surface area contributed by atoms with E-state index < -0.39 is 17.6 Å². The third kappa shape index (κ3) is 4.42. The van der Waals surface area contributed by atoms with E-state index in [1.807, 2.05) is 18.4 Å². The van der Waals surface area contributed by atoms with Crippen LogP contribution in [0.15, 0.2) is 40.8 Å². The van der Waals surface area contributed by atoms with Gasteiger partial charge in [0.25, 0.3) is 0 Å². The monoisotopic (exact) mass is 326 g/mol. The van der Waals surface area contributed by atoms with E-state index >= 15 is 0 Å². The number of halogens is 3. The van der Waals surface area contributed by atoms with Crippen LogP contribution in [-0.4, -0.2) is 12.1 Å². The van der Waals surface area contributed by atoms with Gasteiger partial charge < -0.3 is 0 Å². The topological polar surface area (TPSA) is 41.5 Å². The highest BCUT2D eigenvalue weighted by Gasteiger charge is 2.30. The van der Waals surface area contributed by atoms with Crippen LogP contribution < -0.4 is 5.43 Å². The van der Waals surface area contributed by atoms with Crippen molar-refractivity contribution in [2.75, 3.05) is 0 Å². The largest absolute Gasteiger partial charge is 0.416 e. The molecule has 3 nitrogen and oxygen atoms in total. The first-order valence-corrected chi connectivity index (χ1v) is 7.26. The lowest BCUT2D eigenvalue weighted by Crippen LogP contribution is -2.20. The van der Waals surface area contributed by atoms with Crippen LogP contribution in [-0.2, 0) is 17.4 Å². The van der Waals surface area contributed by atoms with Gasteiger partial charge in [-0.1, -0.05) is 18.2 Å². The summed E-state index contributed by atoms with van der Waals surface area (Å²) in [7, 11) is 0. The Morgan fingerprint density at radius 3 is 2.77 bits per heavy atom. The van der Waals surface area contributed by atoms with Gasteiger partial charge in [0.15, 0.2) is 0 Å². The number of hydrazone groups is 1. The van der Waals surface area contributed by atoms with E-state index in [1.165, 1.54) is 29.7 Å². The zero-order valence-electron chi connectivity index (χ0n) is 11.6. The number of amides is 1. The van der Waals surface area contributed by atoms with Gasteiger partial charge >= 0.3 is 6.18 Å². The molecular formula is C15H13F3N2OS. The van der Waals surface area contributed by atoms with Crippen LogP contribution in [0.3, 0.4) is 0 Å². The molecule has 0 saturated heterocycles. The Kier molecular flexibility index (Phi) is 4.97. The molecule has 0 spiro atoms. The Morgan fingerprint density at radius 1 is 1.36 bits per heavy atom. The molecule has 1 N–H and O–H groups in total. The molecule has 0 fully saturated rings. The van der Waals surface area contributed by atoms with Crippen LogP contribution in [0.25, 0.3) is 0 Å². The van der Waals surface area contributed by atoms with Crippen molar-refractivity contribution in [1.29, 1.82) is 0 Å². The average molecular weight is 326 g/mol. The van der Waals surface area contributed by atoms with Gasteiger partial charge in [-0.25, -0.2) is 5.43 Å². The smallest absolute Gasteiger partial charge is 0.273 e. The van der Waals surface area contributed by atoms with Gasteiger partial charge in [0.2, 0.25) is 5.91 Å². The van der Waals surface area contributed by atoms with Crippen molar-refractivity contribution in [2.24, 2.45) is 5.10 Å². The van der Waals surface area contributed by atoms with Crippen molar-refractivity contribution >= 4 is 23.5 Å². The maximum atomic E-state index is 12.6. The number of alkyl halides is 3. The zero-order valence-corrected chi connectivity index (χ0v) is 12.5. The second-order valence-corrected chi connectivity index (χ2v) is 5.58. The van der Waals surface area contributed by atoms with Crippen molar-refractivity contribution in [3.8, 4) is 0 Å². The van der Waals surface area contributed by atoms with Crippen molar-refractivity contribution < 1.29 is 18.0 Å². The molecule has 22 heavy (non-hydrogen) atoms. The highest BCUT2D eigenvalue weighted by molar-refractivity contribution is 7.11. The first-order valence-electron chi connectivity index (χ1n) is 6.38. The molecule has 7 heteroatoms. The number of hydrogen-bond acceptors (Lipinski definition) is 3. The first kappa shape index (κ1) is 16.2. The van der Waals surface area contributed by atoms with Gasteiger partial charge in [0.1, 0.15) is 0 Å². The molecule has 0 aliphatic carbocycles. The summed E-state index contributed by atoms with van der Waals surface area (Å²) in [6.45, 7) is 1.92. The average Bonchev–Trinajstić information content (AvgIpc) is 2.84. The zero-order chi connectivity index (χ0) is 16.2. The number of thiophene rings is 1. The van der Waals surface area contributed by atoms with E-state index in [1.54, 1.807) is 0 Å². The molecule has 0 saturated carbocycles. The number of aryl methyl sites for hydroxylation is 1. The molecule has 2 rings (SSSR count). The summed E-state index contributed by atoms with van der Waals surface area (Å²) in [5.74, 6) is -0.468. The van der Waals surface area contributed by atoms with Gasteiger partial charge in [0, 0.05) is 4.88 Å². The second-order valence-electron chi connectivity index (χ2n) is 4.64. The van der Waals surface area contributed by atoms with E-state index in [2.05, 4.69) is 10.5 Å². The molecule has 0 unspecified atom stereocenters. The second kappa shape index (κ2) is 6.74. The highest BCUT2D eigenvalue weighted by atomic mass is 32.1. The summed E-state index contributed by atoms with van der Waals surface area (Å²) in [5.41, 5.74) is 2.87. The Morgan fingerprint density at radius 2 is 2.14 bits per heavy atom. The minimum atomic E-state index is -4.42. The third-order valence-electron chi connectivity index (χ3n) is 2.89. The fraction of sp³-hybridized carbons (Fsp3) is 0.200. The summed E-state index contributed by atoms with van der Waals surface area (Å²) in [6.07, 6.45) is -3.06. The predicted molar refractivity (Wildman–Crippen MR) is 79.9 cm³/mol. The molecule has 1 aromatic carbocycles. The fourth-order valence-electron chi connectivity index (χ4n) is 1.76. The molecular weight excluding hydrogens is 313 g/mol. The quantitative estimate of drug-likeness (QED) is 0.674. The van der Waals surface area contributed by atoms with Gasteiger partial charge in [-0.3, -0.25) is 4.79 Å². The van der Waals surface area contributed by atoms with Crippen molar-refractivity contribution in [1.82, 2.24) is 5.43 Å². The van der Waals surface area contributed by atoms with Crippen molar-refractivity contribution in [2.45, 2.75) is 19.5 Å². The minimum absolute atomic E-state index is 0.162. The van der Waals surface area contributed by atoms with Crippen molar-refractivity contribution in [3.05, 3.63) is 57.3 Å². The molecule has 1 aromatic heterocycles. The van der Waals surface area contributed by atoms with Gasteiger partial charge in [-0.2, -0.15) is 18.3 Å². The van der Waals surface area contributed by atoms with E-state index in [0.717, 1.165) is 22.6 Å². The Labute approximate surface area is 129 Å². The number of carbonyl (C=O) groups is 1. The third-order valence-corrected chi connectivity index (χ3v) is 3.85. The standard InChI is InChI=1S/C15H13F3N2OS/c1-10-5-6-22-13(10)9-19-20-14(21)8-11-3-2-4-12(7-11)15(16,17)18/h2-7,9H,8H2,1H3,(H,20,21)/b19-9+. The molecule has 116 valence electrons.